The van der Waals surface area contributed by atoms with E-state index in [-0.39, 0.29) is 18.9 Å². The van der Waals surface area contributed by atoms with Crippen LogP contribution in [0.1, 0.15) is 18.4 Å². The van der Waals surface area contributed by atoms with Crippen molar-refractivity contribution in [3.8, 4) is 0 Å². The minimum absolute atomic E-state index is 0.0811. The van der Waals surface area contributed by atoms with E-state index < -0.39 is 10.0 Å². The first-order chi connectivity index (χ1) is 11.1. The van der Waals surface area contributed by atoms with Crippen LogP contribution in [0, 0.1) is 6.92 Å². The fourth-order valence-corrected chi connectivity index (χ4v) is 3.23. The third-order valence-corrected chi connectivity index (χ3v) is 5.09. The molecule has 0 atom stereocenters. The van der Waals surface area contributed by atoms with Crippen LogP contribution in [0.2, 0.25) is 5.02 Å². The molecule has 24 heavy (non-hydrogen) atoms. The monoisotopic (exact) mass is 375 g/mol. The Balaban J connectivity index is 2.65. The summed E-state index contributed by atoms with van der Waals surface area (Å²) in [5.74, 6) is -0.166. The lowest BCUT2D eigenvalue weighted by atomic mass is 10.2. The standard InChI is InChI=1S/C16H26ClN3O3S/c1-13-6-7-14(12-15(13)17)20(24(4,22)23)11-8-16(21)18-9-5-10-19(2)3/h6-7,12H,5,8-11H2,1-4H3,(H,18,21). The van der Waals surface area contributed by atoms with E-state index in [9.17, 15) is 13.2 Å². The maximum atomic E-state index is 12.0. The Hall–Kier alpha value is -1.31. The van der Waals surface area contributed by atoms with Crippen molar-refractivity contribution in [2.75, 3.05) is 44.3 Å². The molecular formula is C16H26ClN3O3S. The summed E-state index contributed by atoms with van der Waals surface area (Å²) >= 11 is 6.08. The number of rotatable bonds is 9. The quantitative estimate of drug-likeness (QED) is 0.669. The first-order valence-corrected chi connectivity index (χ1v) is 9.99. The third kappa shape index (κ3) is 7.07. The van der Waals surface area contributed by atoms with Crippen molar-refractivity contribution < 1.29 is 13.2 Å². The van der Waals surface area contributed by atoms with Crippen LogP contribution in [0.3, 0.4) is 0 Å². The van der Waals surface area contributed by atoms with Gasteiger partial charge < -0.3 is 10.2 Å². The second-order valence-corrected chi connectivity index (χ2v) is 8.34. The minimum Gasteiger partial charge on any atom is -0.356 e. The largest absolute Gasteiger partial charge is 0.356 e. The van der Waals surface area contributed by atoms with Gasteiger partial charge in [-0.1, -0.05) is 17.7 Å². The van der Waals surface area contributed by atoms with Crippen molar-refractivity contribution in [3.63, 3.8) is 0 Å². The van der Waals surface area contributed by atoms with E-state index in [1.54, 1.807) is 18.2 Å². The molecule has 136 valence electrons. The SMILES string of the molecule is Cc1ccc(N(CCC(=O)NCCCN(C)C)S(C)(=O)=O)cc1Cl. The highest BCUT2D eigenvalue weighted by Crippen LogP contribution is 2.25. The molecule has 0 bridgehead atoms. The van der Waals surface area contributed by atoms with Gasteiger partial charge in [0.05, 0.1) is 11.9 Å². The number of nitrogens with one attached hydrogen (secondary N) is 1. The van der Waals surface area contributed by atoms with Gasteiger partial charge in [0, 0.05) is 24.5 Å². The first kappa shape index (κ1) is 20.7. The molecule has 1 N–H and O–H groups in total. The second-order valence-electron chi connectivity index (χ2n) is 6.03. The zero-order valence-corrected chi connectivity index (χ0v) is 16.2. The summed E-state index contributed by atoms with van der Waals surface area (Å²) in [6.07, 6.45) is 2.07. The minimum atomic E-state index is -3.49. The summed E-state index contributed by atoms with van der Waals surface area (Å²) in [5, 5.41) is 3.30. The van der Waals surface area contributed by atoms with E-state index in [0.29, 0.717) is 17.3 Å². The molecule has 0 aromatic heterocycles. The molecule has 1 aromatic rings. The second kappa shape index (κ2) is 9.25. The van der Waals surface area contributed by atoms with Crippen LogP contribution in [-0.2, 0) is 14.8 Å². The van der Waals surface area contributed by atoms with Gasteiger partial charge in [0.15, 0.2) is 0 Å². The van der Waals surface area contributed by atoms with Gasteiger partial charge >= 0.3 is 0 Å². The predicted molar refractivity (Wildman–Crippen MR) is 99.2 cm³/mol. The van der Waals surface area contributed by atoms with Crippen LogP contribution in [0.5, 0.6) is 0 Å². The van der Waals surface area contributed by atoms with E-state index in [1.807, 2.05) is 25.9 Å². The topological polar surface area (TPSA) is 69.7 Å². The molecule has 0 aliphatic heterocycles. The first-order valence-electron chi connectivity index (χ1n) is 7.76. The van der Waals surface area contributed by atoms with Crippen molar-refractivity contribution >= 4 is 33.2 Å². The number of hydrogen-bond acceptors (Lipinski definition) is 4. The molecule has 6 nitrogen and oxygen atoms in total. The van der Waals surface area contributed by atoms with Crippen molar-refractivity contribution in [2.24, 2.45) is 0 Å². The summed E-state index contributed by atoms with van der Waals surface area (Å²) < 4.78 is 25.2. The molecule has 8 heteroatoms. The predicted octanol–water partition coefficient (Wildman–Crippen LogP) is 1.87. The lowest BCUT2D eigenvalue weighted by Crippen LogP contribution is -2.35. The summed E-state index contributed by atoms with van der Waals surface area (Å²) in [5.41, 5.74) is 1.33. The smallest absolute Gasteiger partial charge is 0.232 e. The number of amides is 1. The lowest BCUT2D eigenvalue weighted by Gasteiger charge is -2.22. The van der Waals surface area contributed by atoms with Crippen LogP contribution >= 0.6 is 11.6 Å². The third-order valence-electron chi connectivity index (χ3n) is 3.49. The number of aryl methyl sites for hydroxylation is 1. The maximum absolute atomic E-state index is 12.0. The number of benzene rings is 1. The van der Waals surface area contributed by atoms with E-state index in [4.69, 9.17) is 11.6 Å². The Morgan fingerprint density at radius 3 is 2.46 bits per heavy atom. The number of sulfonamides is 1. The van der Waals surface area contributed by atoms with Gasteiger partial charge in [0.1, 0.15) is 0 Å². The molecule has 0 saturated carbocycles. The van der Waals surface area contributed by atoms with Crippen molar-refractivity contribution in [3.05, 3.63) is 28.8 Å². The Morgan fingerprint density at radius 1 is 1.25 bits per heavy atom. The Morgan fingerprint density at radius 2 is 1.92 bits per heavy atom. The van der Waals surface area contributed by atoms with Crippen LogP contribution in [-0.4, -0.2) is 59.2 Å². The van der Waals surface area contributed by atoms with Crippen molar-refractivity contribution in [1.29, 1.82) is 0 Å². The van der Waals surface area contributed by atoms with Gasteiger partial charge in [-0.15, -0.1) is 0 Å². The Kier molecular flexibility index (Phi) is 7.99. The highest BCUT2D eigenvalue weighted by Gasteiger charge is 2.19. The van der Waals surface area contributed by atoms with Gasteiger partial charge in [-0.25, -0.2) is 8.42 Å². The van der Waals surface area contributed by atoms with E-state index in [1.165, 1.54) is 4.31 Å². The fourth-order valence-electron chi connectivity index (χ4n) is 2.14. The van der Waals surface area contributed by atoms with E-state index >= 15 is 0 Å². The molecule has 1 amide bonds. The van der Waals surface area contributed by atoms with Crippen molar-refractivity contribution in [1.82, 2.24) is 10.2 Å². The molecule has 0 radical (unpaired) electrons. The van der Waals surface area contributed by atoms with E-state index in [0.717, 1.165) is 24.8 Å². The normalized spacial score (nSPS) is 11.6. The Bertz CT molecular complexity index is 663. The number of hydrogen-bond donors (Lipinski definition) is 1. The average molecular weight is 376 g/mol. The fraction of sp³-hybridized carbons (Fsp3) is 0.562. The molecule has 0 unspecified atom stereocenters. The summed E-state index contributed by atoms with van der Waals surface area (Å²) in [6, 6.07) is 5.06. The molecule has 0 heterocycles. The van der Waals surface area contributed by atoms with Crippen LogP contribution < -0.4 is 9.62 Å². The molecular weight excluding hydrogens is 350 g/mol. The molecule has 0 saturated heterocycles. The number of carbonyl (C=O) groups excluding carboxylic acids is 1. The molecule has 0 aliphatic carbocycles. The summed E-state index contributed by atoms with van der Waals surface area (Å²) in [4.78, 5) is 13.9. The highest BCUT2D eigenvalue weighted by atomic mass is 35.5. The number of nitrogens with zero attached hydrogens (tertiary/aromatic N) is 2. The number of halogens is 1. The van der Waals surface area contributed by atoms with Crippen molar-refractivity contribution in [2.45, 2.75) is 19.8 Å². The maximum Gasteiger partial charge on any atom is 0.232 e. The zero-order valence-electron chi connectivity index (χ0n) is 14.7. The van der Waals surface area contributed by atoms with Crippen LogP contribution in [0.4, 0.5) is 5.69 Å². The molecule has 0 fully saturated rings. The molecule has 0 spiro atoms. The molecule has 1 rings (SSSR count). The van der Waals surface area contributed by atoms with Crippen LogP contribution in [0.25, 0.3) is 0 Å². The van der Waals surface area contributed by atoms with Gasteiger partial charge in [0.25, 0.3) is 0 Å². The number of carbonyl (C=O) groups is 1. The highest BCUT2D eigenvalue weighted by molar-refractivity contribution is 7.92. The van der Waals surface area contributed by atoms with Gasteiger partial charge in [-0.2, -0.15) is 0 Å². The molecule has 1 aromatic carbocycles. The zero-order chi connectivity index (χ0) is 18.3. The summed E-state index contributed by atoms with van der Waals surface area (Å²) in [7, 11) is 0.450. The lowest BCUT2D eigenvalue weighted by molar-refractivity contribution is -0.120. The summed E-state index contributed by atoms with van der Waals surface area (Å²) in [6.45, 7) is 3.39. The van der Waals surface area contributed by atoms with Gasteiger partial charge in [-0.3, -0.25) is 9.10 Å². The number of anilines is 1. The van der Waals surface area contributed by atoms with Gasteiger partial charge in [-0.05, 0) is 51.7 Å². The Labute approximate surface area is 149 Å². The van der Waals surface area contributed by atoms with Crippen LogP contribution in [0.15, 0.2) is 18.2 Å². The average Bonchev–Trinajstić information content (AvgIpc) is 2.46. The molecule has 0 aliphatic rings. The van der Waals surface area contributed by atoms with Gasteiger partial charge in [0.2, 0.25) is 15.9 Å². The van der Waals surface area contributed by atoms with E-state index in [2.05, 4.69) is 5.32 Å².